The van der Waals surface area contributed by atoms with Gasteiger partial charge in [-0.2, -0.15) is 13.2 Å². The zero-order valence-corrected chi connectivity index (χ0v) is 11.1. The molecule has 0 amide bonds. The Labute approximate surface area is 107 Å². The predicted molar refractivity (Wildman–Crippen MR) is 65.4 cm³/mol. The standard InChI is InChI=1S/C13H23F3N2/c1-9(2)11-8-18(6-5-13(14,15)16)12(7-17-11)10-3-4-10/h9-12,17H,3-8H2,1-2H3. The Bertz CT molecular complexity index is 274. The summed E-state index contributed by atoms with van der Waals surface area (Å²) in [7, 11) is 0. The molecule has 18 heavy (non-hydrogen) atoms. The molecule has 1 saturated carbocycles. The quantitative estimate of drug-likeness (QED) is 0.839. The number of nitrogens with zero attached hydrogens (tertiary/aromatic N) is 1. The lowest BCUT2D eigenvalue weighted by molar-refractivity contribution is -0.140. The lowest BCUT2D eigenvalue weighted by Gasteiger charge is -2.42. The van der Waals surface area contributed by atoms with Crippen LogP contribution in [0.25, 0.3) is 0 Å². The van der Waals surface area contributed by atoms with E-state index in [0.717, 1.165) is 13.1 Å². The highest BCUT2D eigenvalue weighted by Crippen LogP contribution is 2.37. The first-order valence-corrected chi connectivity index (χ1v) is 6.91. The molecular formula is C13H23F3N2. The fourth-order valence-corrected chi connectivity index (χ4v) is 2.77. The fourth-order valence-electron chi connectivity index (χ4n) is 2.77. The van der Waals surface area contributed by atoms with Crippen molar-refractivity contribution in [3.63, 3.8) is 0 Å². The van der Waals surface area contributed by atoms with Crippen LogP contribution in [0.2, 0.25) is 0 Å². The van der Waals surface area contributed by atoms with Crippen LogP contribution in [0.5, 0.6) is 0 Å². The highest BCUT2D eigenvalue weighted by Gasteiger charge is 2.40. The molecule has 0 spiro atoms. The average Bonchev–Trinajstić information content (AvgIpc) is 3.08. The normalized spacial score (nSPS) is 31.0. The van der Waals surface area contributed by atoms with Gasteiger partial charge in [0.2, 0.25) is 0 Å². The molecule has 0 aromatic rings. The van der Waals surface area contributed by atoms with Crippen molar-refractivity contribution in [3.8, 4) is 0 Å². The zero-order chi connectivity index (χ0) is 13.3. The Morgan fingerprint density at radius 3 is 2.44 bits per heavy atom. The molecule has 0 aromatic heterocycles. The van der Waals surface area contributed by atoms with E-state index in [1.165, 1.54) is 12.8 Å². The van der Waals surface area contributed by atoms with Crippen LogP contribution in [0.3, 0.4) is 0 Å². The van der Waals surface area contributed by atoms with E-state index in [1.54, 1.807) is 0 Å². The van der Waals surface area contributed by atoms with E-state index in [2.05, 4.69) is 24.1 Å². The Balaban J connectivity index is 1.91. The minimum Gasteiger partial charge on any atom is -0.311 e. The molecule has 2 rings (SSSR count). The van der Waals surface area contributed by atoms with Gasteiger partial charge >= 0.3 is 6.18 Å². The number of piperazine rings is 1. The topological polar surface area (TPSA) is 15.3 Å². The van der Waals surface area contributed by atoms with Crippen LogP contribution in [-0.2, 0) is 0 Å². The van der Waals surface area contributed by atoms with Crippen LogP contribution >= 0.6 is 0 Å². The molecule has 5 heteroatoms. The molecule has 0 aromatic carbocycles. The van der Waals surface area contributed by atoms with Crippen LogP contribution in [0, 0.1) is 11.8 Å². The maximum atomic E-state index is 12.4. The lowest BCUT2D eigenvalue weighted by atomic mass is 9.97. The van der Waals surface area contributed by atoms with Gasteiger partial charge in [0, 0.05) is 31.7 Å². The molecule has 2 atom stereocenters. The highest BCUT2D eigenvalue weighted by atomic mass is 19.4. The Kier molecular flexibility index (Phi) is 4.22. The second-order valence-electron chi connectivity index (χ2n) is 6.02. The molecule has 106 valence electrons. The van der Waals surface area contributed by atoms with Crippen molar-refractivity contribution in [1.29, 1.82) is 0 Å². The average molecular weight is 264 g/mol. The largest absolute Gasteiger partial charge is 0.390 e. The van der Waals surface area contributed by atoms with Crippen molar-refractivity contribution in [2.75, 3.05) is 19.6 Å². The minimum absolute atomic E-state index is 0.162. The van der Waals surface area contributed by atoms with Crippen LogP contribution in [0.1, 0.15) is 33.1 Å². The van der Waals surface area contributed by atoms with Gasteiger partial charge in [-0.25, -0.2) is 0 Å². The first kappa shape index (κ1) is 14.1. The minimum atomic E-state index is -4.04. The molecule has 2 aliphatic rings. The monoisotopic (exact) mass is 264 g/mol. The number of nitrogens with one attached hydrogen (secondary N) is 1. The molecule has 0 radical (unpaired) electrons. The second kappa shape index (κ2) is 5.37. The molecule has 1 aliphatic carbocycles. The predicted octanol–water partition coefficient (Wildman–Crippen LogP) is 2.65. The van der Waals surface area contributed by atoms with Crippen molar-refractivity contribution in [2.45, 2.75) is 51.4 Å². The van der Waals surface area contributed by atoms with E-state index in [-0.39, 0.29) is 6.54 Å². The van der Waals surface area contributed by atoms with Crippen molar-refractivity contribution < 1.29 is 13.2 Å². The molecule has 2 fully saturated rings. The smallest absolute Gasteiger partial charge is 0.311 e. The Morgan fingerprint density at radius 1 is 1.28 bits per heavy atom. The van der Waals surface area contributed by atoms with Crippen molar-refractivity contribution in [1.82, 2.24) is 10.2 Å². The number of hydrogen-bond donors (Lipinski definition) is 1. The second-order valence-corrected chi connectivity index (χ2v) is 6.02. The van der Waals surface area contributed by atoms with E-state index >= 15 is 0 Å². The third-order valence-corrected chi connectivity index (χ3v) is 4.14. The Hall–Kier alpha value is -0.290. The Morgan fingerprint density at radius 2 is 1.94 bits per heavy atom. The third-order valence-electron chi connectivity index (χ3n) is 4.14. The van der Waals surface area contributed by atoms with Gasteiger partial charge in [0.05, 0.1) is 6.42 Å². The van der Waals surface area contributed by atoms with E-state index in [9.17, 15) is 13.2 Å². The van der Waals surface area contributed by atoms with Gasteiger partial charge < -0.3 is 5.32 Å². The van der Waals surface area contributed by atoms with Gasteiger partial charge in [0.15, 0.2) is 0 Å². The number of rotatable bonds is 4. The number of hydrogen-bond acceptors (Lipinski definition) is 2. The molecule has 1 aliphatic heterocycles. The van der Waals surface area contributed by atoms with Crippen LogP contribution in [-0.4, -0.2) is 42.8 Å². The molecule has 0 bridgehead atoms. The lowest BCUT2D eigenvalue weighted by Crippen LogP contribution is -2.59. The van der Waals surface area contributed by atoms with Crippen LogP contribution < -0.4 is 5.32 Å². The zero-order valence-electron chi connectivity index (χ0n) is 11.1. The number of halogens is 3. The maximum Gasteiger partial charge on any atom is 0.390 e. The van der Waals surface area contributed by atoms with Crippen LogP contribution in [0.4, 0.5) is 13.2 Å². The molecule has 1 heterocycles. The summed E-state index contributed by atoms with van der Waals surface area (Å²) < 4.78 is 37.1. The van der Waals surface area contributed by atoms with E-state index in [0.29, 0.717) is 23.9 Å². The molecule has 1 N–H and O–H groups in total. The van der Waals surface area contributed by atoms with Gasteiger partial charge in [0.1, 0.15) is 0 Å². The van der Waals surface area contributed by atoms with Gasteiger partial charge in [-0.3, -0.25) is 4.90 Å². The highest BCUT2D eigenvalue weighted by molar-refractivity contribution is 4.95. The molecule has 2 nitrogen and oxygen atoms in total. The first-order valence-electron chi connectivity index (χ1n) is 6.91. The van der Waals surface area contributed by atoms with Gasteiger partial charge in [-0.05, 0) is 24.7 Å². The summed E-state index contributed by atoms with van der Waals surface area (Å²) in [5.74, 6) is 1.09. The van der Waals surface area contributed by atoms with Gasteiger partial charge in [-0.1, -0.05) is 13.8 Å². The summed E-state index contributed by atoms with van der Waals surface area (Å²) in [4.78, 5) is 2.08. The molecule has 2 unspecified atom stereocenters. The maximum absolute atomic E-state index is 12.4. The van der Waals surface area contributed by atoms with Crippen molar-refractivity contribution >= 4 is 0 Å². The van der Waals surface area contributed by atoms with E-state index < -0.39 is 12.6 Å². The number of alkyl halides is 3. The van der Waals surface area contributed by atoms with Gasteiger partial charge in [-0.15, -0.1) is 0 Å². The summed E-state index contributed by atoms with van der Waals surface area (Å²) in [5.41, 5.74) is 0. The van der Waals surface area contributed by atoms with Gasteiger partial charge in [0.25, 0.3) is 0 Å². The van der Waals surface area contributed by atoms with E-state index in [1.807, 2.05) is 0 Å². The molecular weight excluding hydrogens is 241 g/mol. The summed E-state index contributed by atoms with van der Waals surface area (Å²) in [6.45, 7) is 6.02. The van der Waals surface area contributed by atoms with Crippen molar-refractivity contribution in [2.24, 2.45) is 11.8 Å². The van der Waals surface area contributed by atoms with Crippen LogP contribution in [0.15, 0.2) is 0 Å². The summed E-state index contributed by atoms with van der Waals surface area (Å²) in [5, 5.41) is 3.49. The van der Waals surface area contributed by atoms with E-state index in [4.69, 9.17) is 0 Å². The summed E-state index contributed by atoms with van der Waals surface area (Å²) >= 11 is 0. The summed E-state index contributed by atoms with van der Waals surface area (Å²) in [6, 6.07) is 0.649. The summed E-state index contributed by atoms with van der Waals surface area (Å²) in [6.07, 6.45) is -2.35. The fraction of sp³-hybridized carbons (Fsp3) is 1.00. The van der Waals surface area contributed by atoms with Crippen molar-refractivity contribution in [3.05, 3.63) is 0 Å². The SMILES string of the molecule is CC(C)C1CN(CCC(F)(F)F)C(C2CC2)CN1. The third kappa shape index (κ3) is 3.85. The first-order chi connectivity index (χ1) is 8.37. The molecule has 1 saturated heterocycles.